The Morgan fingerprint density at radius 3 is 2.86 bits per heavy atom. The van der Waals surface area contributed by atoms with Crippen LogP contribution in [0.15, 0.2) is 0 Å². The van der Waals surface area contributed by atoms with E-state index in [9.17, 15) is 4.79 Å². The van der Waals surface area contributed by atoms with Gasteiger partial charge in [0.05, 0.1) is 6.04 Å². The fourth-order valence-electron chi connectivity index (χ4n) is 2.57. The molecule has 1 aliphatic carbocycles. The predicted octanol–water partition coefficient (Wildman–Crippen LogP) is 1.04. The van der Waals surface area contributed by atoms with E-state index in [4.69, 9.17) is 0 Å². The Labute approximate surface area is 85.6 Å². The zero-order valence-electron chi connectivity index (χ0n) is 8.88. The lowest BCUT2D eigenvalue weighted by atomic mass is 10.0. The smallest absolute Gasteiger partial charge is 0.237 e. The van der Waals surface area contributed by atoms with E-state index >= 15 is 0 Å². The largest absolute Gasteiger partial charge is 0.355 e. The Morgan fingerprint density at radius 1 is 1.36 bits per heavy atom. The third kappa shape index (κ3) is 2.27. The number of rotatable bonds is 2. The van der Waals surface area contributed by atoms with Crippen LogP contribution in [0.25, 0.3) is 0 Å². The average Bonchev–Trinajstić information content (AvgIpc) is 2.56. The summed E-state index contributed by atoms with van der Waals surface area (Å²) in [6, 6.07) is 0.665. The van der Waals surface area contributed by atoms with Crippen LogP contribution in [0.4, 0.5) is 0 Å². The minimum atomic E-state index is 0.0825. The van der Waals surface area contributed by atoms with E-state index in [1.807, 2.05) is 0 Å². The molecular formula is C11H20N2O. The van der Waals surface area contributed by atoms with E-state index < -0.39 is 0 Å². The molecule has 0 aromatic heterocycles. The van der Waals surface area contributed by atoms with Crippen LogP contribution in [-0.4, -0.2) is 24.5 Å². The summed E-state index contributed by atoms with van der Waals surface area (Å²) in [7, 11) is 0. The first kappa shape index (κ1) is 9.97. The first-order valence-corrected chi connectivity index (χ1v) is 5.79. The molecule has 3 heteroatoms. The summed E-state index contributed by atoms with van der Waals surface area (Å²) < 4.78 is 0. The van der Waals surface area contributed by atoms with Gasteiger partial charge in [-0.05, 0) is 38.0 Å². The molecule has 0 aromatic rings. The average molecular weight is 196 g/mol. The van der Waals surface area contributed by atoms with E-state index in [-0.39, 0.29) is 11.9 Å². The van der Waals surface area contributed by atoms with Gasteiger partial charge in [-0.1, -0.05) is 6.92 Å². The molecule has 1 heterocycles. The van der Waals surface area contributed by atoms with Gasteiger partial charge in [-0.25, -0.2) is 0 Å². The summed E-state index contributed by atoms with van der Waals surface area (Å²) in [6.45, 7) is 3.15. The number of piperidine rings is 1. The molecule has 1 amide bonds. The molecule has 0 aromatic carbocycles. The maximum atomic E-state index is 11.5. The molecule has 1 saturated heterocycles. The number of amides is 1. The normalized spacial score (nSPS) is 38.4. The van der Waals surface area contributed by atoms with Gasteiger partial charge in [0.1, 0.15) is 0 Å². The van der Waals surface area contributed by atoms with Gasteiger partial charge in [0.15, 0.2) is 0 Å². The molecule has 2 rings (SSSR count). The highest BCUT2D eigenvalue weighted by atomic mass is 16.2. The van der Waals surface area contributed by atoms with Gasteiger partial charge in [0.25, 0.3) is 0 Å². The zero-order valence-corrected chi connectivity index (χ0v) is 8.88. The first-order valence-electron chi connectivity index (χ1n) is 5.79. The number of nitrogens with one attached hydrogen (secondary N) is 2. The summed E-state index contributed by atoms with van der Waals surface area (Å²) >= 11 is 0. The Balaban J connectivity index is 1.81. The lowest BCUT2D eigenvalue weighted by Gasteiger charge is -2.26. The number of hydrogen-bond acceptors (Lipinski definition) is 2. The van der Waals surface area contributed by atoms with Crippen molar-refractivity contribution in [3.05, 3.63) is 0 Å². The van der Waals surface area contributed by atoms with Gasteiger partial charge >= 0.3 is 0 Å². The van der Waals surface area contributed by atoms with Crippen LogP contribution in [0, 0.1) is 5.92 Å². The second-order valence-electron chi connectivity index (χ2n) is 4.77. The fourth-order valence-corrected chi connectivity index (χ4v) is 2.57. The molecular weight excluding hydrogens is 176 g/mol. The van der Waals surface area contributed by atoms with Gasteiger partial charge in [0.2, 0.25) is 5.91 Å². The number of carbonyl (C=O) groups is 1. The summed E-state index contributed by atoms with van der Waals surface area (Å²) in [5.74, 6) is 1.04. The molecule has 1 aliphatic heterocycles. The van der Waals surface area contributed by atoms with Crippen LogP contribution in [0.5, 0.6) is 0 Å². The van der Waals surface area contributed by atoms with Crippen LogP contribution in [0.2, 0.25) is 0 Å². The van der Waals surface area contributed by atoms with Crippen molar-refractivity contribution in [2.24, 2.45) is 5.92 Å². The third-order valence-electron chi connectivity index (χ3n) is 3.42. The highest BCUT2D eigenvalue weighted by molar-refractivity contribution is 5.82. The zero-order chi connectivity index (χ0) is 9.97. The molecule has 3 unspecified atom stereocenters. The Morgan fingerprint density at radius 2 is 2.21 bits per heavy atom. The molecule has 0 radical (unpaired) electrons. The molecule has 3 atom stereocenters. The monoisotopic (exact) mass is 196 g/mol. The first-order chi connectivity index (χ1) is 6.75. The molecule has 80 valence electrons. The maximum absolute atomic E-state index is 11.5. The summed E-state index contributed by atoms with van der Waals surface area (Å²) in [5.41, 5.74) is 0. The number of hydrogen-bond donors (Lipinski definition) is 2. The summed E-state index contributed by atoms with van der Waals surface area (Å²) in [4.78, 5) is 11.5. The van der Waals surface area contributed by atoms with Gasteiger partial charge in [-0.2, -0.15) is 0 Å². The van der Waals surface area contributed by atoms with Crippen LogP contribution < -0.4 is 10.6 Å². The van der Waals surface area contributed by atoms with Crippen molar-refractivity contribution in [3.8, 4) is 0 Å². The van der Waals surface area contributed by atoms with Gasteiger partial charge < -0.3 is 10.6 Å². The fraction of sp³-hybridized carbons (Fsp3) is 0.909. The standard InChI is InChI=1S/C11H20N2O/c1-8-4-5-9(7-8)13-10-3-2-6-12-11(10)14/h8-10,13H,2-7H2,1H3,(H,12,14). The van der Waals surface area contributed by atoms with E-state index in [0.29, 0.717) is 6.04 Å². The lowest BCUT2D eigenvalue weighted by molar-refractivity contribution is -0.124. The van der Waals surface area contributed by atoms with Gasteiger partial charge in [0, 0.05) is 12.6 Å². The quantitative estimate of drug-likeness (QED) is 0.693. The predicted molar refractivity (Wildman–Crippen MR) is 56.0 cm³/mol. The molecule has 2 aliphatic rings. The molecule has 2 N–H and O–H groups in total. The maximum Gasteiger partial charge on any atom is 0.237 e. The van der Waals surface area contributed by atoms with E-state index in [1.165, 1.54) is 19.3 Å². The van der Waals surface area contributed by atoms with E-state index in [2.05, 4.69) is 17.6 Å². The molecule has 2 fully saturated rings. The highest BCUT2D eigenvalue weighted by Gasteiger charge is 2.28. The molecule has 0 bridgehead atoms. The van der Waals surface area contributed by atoms with Crippen molar-refractivity contribution >= 4 is 5.91 Å². The molecule has 1 saturated carbocycles. The van der Waals surface area contributed by atoms with Crippen LogP contribution in [0.1, 0.15) is 39.0 Å². The third-order valence-corrected chi connectivity index (χ3v) is 3.42. The van der Waals surface area contributed by atoms with Crippen LogP contribution >= 0.6 is 0 Å². The number of carbonyl (C=O) groups excluding carboxylic acids is 1. The van der Waals surface area contributed by atoms with Gasteiger partial charge in [-0.3, -0.25) is 4.79 Å². The van der Waals surface area contributed by atoms with Gasteiger partial charge in [-0.15, -0.1) is 0 Å². The van der Waals surface area contributed by atoms with E-state index in [0.717, 1.165) is 25.3 Å². The van der Waals surface area contributed by atoms with Crippen molar-refractivity contribution < 1.29 is 4.79 Å². The van der Waals surface area contributed by atoms with Crippen LogP contribution in [0.3, 0.4) is 0 Å². The Bertz CT molecular complexity index is 217. The summed E-state index contributed by atoms with van der Waals surface area (Å²) in [6.07, 6.45) is 5.92. The lowest BCUT2D eigenvalue weighted by Crippen LogP contribution is -2.51. The van der Waals surface area contributed by atoms with Crippen molar-refractivity contribution in [1.82, 2.24) is 10.6 Å². The van der Waals surface area contributed by atoms with Crippen LogP contribution in [-0.2, 0) is 4.79 Å². The van der Waals surface area contributed by atoms with Crippen molar-refractivity contribution in [1.29, 1.82) is 0 Å². The second kappa shape index (κ2) is 4.30. The van der Waals surface area contributed by atoms with E-state index in [1.54, 1.807) is 0 Å². The molecule has 0 spiro atoms. The second-order valence-corrected chi connectivity index (χ2v) is 4.77. The van der Waals surface area contributed by atoms with Crippen molar-refractivity contribution in [3.63, 3.8) is 0 Å². The molecule has 3 nitrogen and oxygen atoms in total. The molecule has 14 heavy (non-hydrogen) atoms. The van der Waals surface area contributed by atoms with Crippen molar-refractivity contribution in [2.45, 2.75) is 51.1 Å². The van der Waals surface area contributed by atoms with Crippen molar-refractivity contribution in [2.75, 3.05) is 6.54 Å². The summed E-state index contributed by atoms with van der Waals surface area (Å²) in [5, 5.41) is 6.40. The minimum Gasteiger partial charge on any atom is -0.355 e. The Kier molecular flexibility index (Phi) is 3.06. The minimum absolute atomic E-state index is 0.0825. The SMILES string of the molecule is CC1CCC(NC2CCCNC2=O)C1. The topological polar surface area (TPSA) is 41.1 Å². The highest BCUT2D eigenvalue weighted by Crippen LogP contribution is 2.25. The Hall–Kier alpha value is -0.570.